The predicted molar refractivity (Wildman–Crippen MR) is 95.8 cm³/mol. The molecule has 2 aliphatic rings. The second-order valence-electron chi connectivity index (χ2n) is 7.22. The minimum Gasteiger partial charge on any atom is -0.340 e. The Morgan fingerprint density at radius 1 is 1.38 bits per heavy atom. The summed E-state index contributed by atoms with van der Waals surface area (Å²) in [6.07, 6.45) is 1.41. The van der Waals surface area contributed by atoms with Gasteiger partial charge in [0.25, 0.3) is 0 Å². The van der Waals surface area contributed by atoms with Crippen molar-refractivity contribution in [1.29, 1.82) is 0 Å². The molecule has 0 radical (unpaired) electrons. The van der Waals surface area contributed by atoms with Crippen LogP contribution in [0.25, 0.3) is 0 Å². The molecule has 132 valence electrons. The van der Waals surface area contributed by atoms with Crippen molar-refractivity contribution in [1.82, 2.24) is 14.7 Å². The van der Waals surface area contributed by atoms with Crippen molar-refractivity contribution in [2.45, 2.75) is 31.8 Å². The van der Waals surface area contributed by atoms with E-state index in [0.717, 1.165) is 24.4 Å². The zero-order chi connectivity index (χ0) is 17.4. The number of likely N-dealkylation sites (N-methyl/N-ethyl adjacent to an activating group) is 1. The van der Waals surface area contributed by atoms with Gasteiger partial charge >= 0.3 is 0 Å². The monoisotopic (exact) mass is 349 g/mol. The number of carbonyl (C=O) groups excluding carboxylic acids is 2. The third-order valence-corrected chi connectivity index (χ3v) is 6.59. The van der Waals surface area contributed by atoms with Crippen LogP contribution in [0.3, 0.4) is 0 Å². The van der Waals surface area contributed by atoms with Crippen LogP contribution < -0.4 is 0 Å². The number of thiophene rings is 1. The van der Waals surface area contributed by atoms with Gasteiger partial charge in [-0.15, -0.1) is 11.3 Å². The zero-order valence-corrected chi connectivity index (χ0v) is 15.8. The normalized spacial score (nSPS) is 30.6. The van der Waals surface area contributed by atoms with Gasteiger partial charge in [-0.25, -0.2) is 0 Å². The van der Waals surface area contributed by atoms with Crippen molar-refractivity contribution in [3.63, 3.8) is 0 Å². The van der Waals surface area contributed by atoms with Crippen LogP contribution in [0.1, 0.15) is 30.7 Å². The molecule has 24 heavy (non-hydrogen) atoms. The molecule has 2 amide bonds. The quantitative estimate of drug-likeness (QED) is 0.836. The van der Waals surface area contributed by atoms with Crippen LogP contribution in [0.2, 0.25) is 0 Å². The summed E-state index contributed by atoms with van der Waals surface area (Å²) >= 11 is 1.63. The maximum absolute atomic E-state index is 13.2. The van der Waals surface area contributed by atoms with E-state index < -0.39 is 0 Å². The molecule has 0 saturated carbocycles. The van der Waals surface area contributed by atoms with Crippen LogP contribution in [0.4, 0.5) is 0 Å². The van der Waals surface area contributed by atoms with Crippen LogP contribution in [0.15, 0.2) is 17.5 Å². The molecule has 2 fully saturated rings. The van der Waals surface area contributed by atoms with Gasteiger partial charge in [-0.1, -0.05) is 19.4 Å². The molecule has 5 nitrogen and oxygen atoms in total. The van der Waals surface area contributed by atoms with Gasteiger partial charge in [0.2, 0.25) is 11.8 Å². The molecular formula is C18H27N3O2S. The van der Waals surface area contributed by atoms with E-state index in [1.54, 1.807) is 16.2 Å². The molecule has 2 saturated heterocycles. The smallest absolute Gasteiger partial charge is 0.228 e. The summed E-state index contributed by atoms with van der Waals surface area (Å²) in [6, 6.07) is 4.33. The minimum absolute atomic E-state index is 0.0714. The van der Waals surface area contributed by atoms with E-state index in [4.69, 9.17) is 0 Å². The number of rotatable bonds is 4. The molecule has 0 unspecified atom stereocenters. The first kappa shape index (κ1) is 17.4. The lowest BCUT2D eigenvalue weighted by Crippen LogP contribution is -2.39. The zero-order valence-electron chi connectivity index (χ0n) is 14.9. The number of hydrogen-bond acceptors (Lipinski definition) is 4. The molecule has 1 aromatic heterocycles. The van der Waals surface area contributed by atoms with E-state index in [9.17, 15) is 9.59 Å². The lowest BCUT2D eigenvalue weighted by molar-refractivity contribution is -0.135. The first-order valence-electron chi connectivity index (χ1n) is 8.68. The van der Waals surface area contributed by atoms with Gasteiger partial charge in [-0.05, 0) is 31.5 Å². The Morgan fingerprint density at radius 3 is 2.67 bits per heavy atom. The summed E-state index contributed by atoms with van der Waals surface area (Å²) < 4.78 is 0. The van der Waals surface area contributed by atoms with Crippen LogP contribution in [0, 0.1) is 11.8 Å². The highest BCUT2D eigenvalue weighted by Crippen LogP contribution is 2.40. The molecule has 1 aromatic rings. The molecule has 6 heteroatoms. The van der Waals surface area contributed by atoms with Crippen molar-refractivity contribution in [2.75, 3.05) is 34.2 Å². The van der Waals surface area contributed by atoms with Crippen molar-refractivity contribution >= 4 is 23.2 Å². The van der Waals surface area contributed by atoms with Crippen molar-refractivity contribution in [3.05, 3.63) is 22.4 Å². The minimum atomic E-state index is -0.250. The number of carbonyl (C=O) groups is 2. The number of nitrogens with zero attached hydrogens (tertiary/aromatic N) is 3. The molecule has 3 rings (SSSR count). The molecule has 4 atom stereocenters. The van der Waals surface area contributed by atoms with Crippen LogP contribution in [-0.2, 0) is 9.59 Å². The molecule has 0 spiro atoms. The fraction of sp³-hybridized carbons (Fsp3) is 0.667. The van der Waals surface area contributed by atoms with Crippen molar-refractivity contribution in [3.8, 4) is 0 Å². The summed E-state index contributed by atoms with van der Waals surface area (Å²) in [4.78, 5) is 32.5. The van der Waals surface area contributed by atoms with Gasteiger partial charge in [0.05, 0.1) is 12.0 Å². The van der Waals surface area contributed by atoms with Gasteiger partial charge in [0.15, 0.2) is 0 Å². The molecule has 0 N–H and O–H groups in total. The first-order valence-corrected chi connectivity index (χ1v) is 9.56. The molecular weight excluding hydrogens is 322 g/mol. The van der Waals surface area contributed by atoms with Crippen molar-refractivity contribution in [2.24, 2.45) is 11.8 Å². The van der Waals surface area contributed by atoms with Crippen LogP contribution in [-0.4, -0.2) is 66.8 Å². The maximum Gasteiger partial charge on any atom is 0.228 e. The number of likely N-dealkylation sites (tertiary alicyclic amines) is 2. The molecule has 0 bridgehead atoms. The highest BCUT2D eigenvalue weighted by molar-refractivity contribution is 7.10. The molecule has 0 aromatic carbocycles. The van der Waals surface area contributed by atoms with Crippen LogP contribution >= 0.6 is 11.3 Å². The average molecular weight is 350 g/mol. The molecule has 0 aliphatic carbocycles. The Bertz CT molecular complexity index is 601. The summed E-state index contributed by atoms with van der Waals surface area (Å²) in [5.41, 5.74) is 0. The highest BCUT2D eigenvalue weighted by atomic mass is 32.1. The van der Waals surface area contributed by atoms with E-state index in [-0.39, 0.29) is 23.8 Å². The Hall–Kier alpha value is -1.40. The van der Waals surface area contributed by atoms with Gasteiger partial charge < -0.3 is 14.7 Å². The summed E-state index contributed by atoms with van der Waals surface area (Å²) in [5.74, 6) is 0.481. The van der Waals surface area contributed by atoms with Gasteiger partial charge in [-0.3, -0.25) is 9.59 Å². The predicted octanol–water partition coefficient (Wildman–Crippen LogP) is 2.07. The Labute approximate surface area is 148 Å². The largest absolute Gasteiger partial charge is 0.340 e. The Balaban J connectivity index is 1.80. The fourth-order valence-corrected chi connectivity index (χ4v) is 5.13. The van der Waals surface area contributed by atoms with E-state index in [1.807, 2.05) is 29.5 Å². The third kappa shape index (κ3) is 2.97. The second kappa shape index (κ2) is 6.84. The second-order valence-corrected chi connectivity index (χ2v) is 8.20. The lowest BCUT2D eigenvalue weighted by atomic mass is 9.97. The summed E-state index contributed by atoms with van der Waals surface area (Å²) in [7, 11) is 5.99. The van der Waals surface area contributed by atoms with Gasteiger partial charge in [-0.2, -0.15) is 0 Å². The van der Waals surface area contributed by atoms with Gasteiger partial charge in [0.1, 0.15) is 0 Å². The van der Waals surface area contributed by atoms with Crippen LogP contribution in [0.5, 0.6) is 0 Å². The molecule has 3 heterocycles. The number of amides is 2. The highest BCUT2D eigenvalue weighted by Gasteiger charge is 2.46. The van der Waals surface area contributed by atoms with E-state index >= 15 is 0 Å². The third-order valence-electron chi connectivity index (χ3n) is 5.64. The SMILES string of the molecule is CC[C@@H]1CN(C(=O)[C@@H]2CC(=O)N(C)[C@H]2c2cccs2)C[C@H]1N(C)C. The first-order chi connectivity index (χ1) is 11.4. The van der Waals surface area contributed by atoms with E-state index in [2.05, 4.69) is 25.9 Å². The van der Waals surface area contributed by atoms with E-state index in [1.165, 1.54) is 0 Å². The van der Waals surface area contributed by atoms with Gasteiger partial charge in [0, 0.05) is 37.5 Å². The fourth-order valence-electron chi connectivity index (χ4n) is 4.19. The topological polar surface area (TPSA) is 43.9 Å². The Morgan fingerprint density at radius 2 is 2.12 bits per heavy atom. The number of hydrogen-bond donors (Lipinski definition) is 0. The summed E-state index contributed by atoms with van der Waals surface area (Å²) in [6.45, 7) is 3.77. The van der Waals surface area contributed by atoms with E-state index in [0.29, 0.717) is 18.4 Å². The lowest BCUT2D eigenvalue weighted by Gasteiger charge is -2.27. The maximum atomic E-state index is 13.2. The summed E-state index contributed by atoms with van der Waals surface area (Å²) in [5, 5.41) is 2.01. The average Bonchev–Trinajstić information content (AvgIpc) is 3.26. The standard InChI is InChI=1S/C18H27N3O2S/c1-5-12-10-21(11-14(12)19(2)3)18(23)13-9-16(22)20(4)17(13)15-7-6-8-24-15/h6-8,12-14,17H,5,9-11H2,1-4H3/t12-,13-,14-,17-/m1/s1. The van der Waals surface area contributed by atoms with Crippen molar-refractivity contribution < 1.29 is 9.59 Å². The Kier molecular flexibility index (Phi) is 4.97. The molecule has 2 aliphatic heterocycles.